The summed E-state index contributed by atoms with van der Waals surface area (Å²) in [5, 5.41) is 0. The molecule has 0 spiro atoms. The molecule has 2 aromatic heterocycles. The summed E-state index contributed by atoms with van der Waals surface area (Å²) in [7, 11) is 0. The van der Waals surface area contributed by atoms with Gasteiger partial charge in [0.1, 0.15) is 10.6 Å². The summed E-state index contributed by atoms with van der Waals surface area (Å²) in [5.74, 6) is -0.881. The first kappa shape index (κ1) is 15.7. The first-order valence-electron chi connectivity index (χ1n) is 8.02. The van der Waals surface area contributed by atoms with E-state index in [1.807, 2.05) is 26.0 Å². The summed E-state index contributed by atoms with van der Waals surface area (Å²) in [6.45, 7) is 3.84. The number of anilines is 1. The summed E-state index contributed by atoms with van der Waals surface area (Å²) in [6, 6.07) is 8.63. The molecule has 1 aliphatic rings. The number of imide groups is 1. The molecule has 1 aliphatic heterocycles. The minimum Gasteiger partial charge on any atom is -0.269 e. The van der Waals surface area contributed by atoms with Crippen molar-refractivity contribution in [2.75, 3.05) is 4.90 Å². The second-order valence-electron chi connectivity index (χ2n) is 5.97. The number of para-hydroxylation sites is 1. The van der Waals surface area contributed by atoms with E-state index >= 15 is 0 Å². The number of aryl methyl sites for hydroxylation is 2. The highest BCUT2D eigenvalue weighted by Gasteiger charge is 2.42. The predicted octanol–water partition coefficient (Wildman–Crippen LogP) is 2.82. The van der Waals surface area contributed by atoms with Crippen molar-refractivity contribution in [3.8, 4) is 0 Å². The molecule has 0 saturated heterocycles. The number of hydrogen-bond donors (Lipinski definition) is 0. The van der Waals surface area contributed by atoms with Gasteiger partial charge in [0.2, 0.25) is 0 Å². The Morgan fingerprint density at radius 3 is 2.60 bits per heavy atom. The van der Waals surface area contributed by atoms with Crippen LogP contribution in [0, 0.1) is 6.92 Å². The van der Waals surface area contributed by atoms with E-state index in [1.54, 1.807) is 12.1 Å². The lowest BCUT2D eigenvalue weighted by Crippen LogP contribution is -2.31. The van der Waals surface area contributed by atoms with E-state index in [0.29, 0.717) is 22.8 Å². The van der Waals surface area contributed by atoms with Gasteiger partial charge in [-0.15, -0.1) is 0 Å². The maximum Gasteiger partial charge on any atom is 0.284 e. The van der Waals surface area contributed by atoms with Crippen molar-refractivity contribution in [1.82, 2.24) is 9.38 Å². The molecule has 0 aliphatic carbocycles. The predicted molar refractivity (Wildman–Crippen MR) is 95.7 cm³/mol. The normalized spacial score (nSPS) is 13.8. The molecule has 4 rings (SSSR count). The minimum atomic E-state index is -0.479. The first-order chi connectivity index (χ1) is 12.0. The van der Waals surface area contributed by atoms with Crippen LogP contribution in [-0.4, -0.2) is 21.2 Å². The molecular formula is C18H15N3O3S. The van der Waals surface area contributed by atoms with Crippen LogP contribution in [0.2, 0.25) is 0 Å². The first-order valence-corrected chi connectivity index (χ1v) is 8.84. The number of hydrogen-bond acceptors (Lipinski definition) is 5. The van der Waals surface area contributed by atoms with Crippen LogP contribution in [0.3, 0.4) is 0 Å². The molecule has 0 N–H and O–H groups in total. The maximum atomic E-state index is 12.9. The lowest BCUT2D eigenvalue weighted by Gasteiger charge is -2.16. The van der Waals surface area contributed by atoms with E-state index in [-0.39, 0.29) is 16.1 Å². The third-order valence-electron chi connectivity index (χ3n) is 4.24. The van der Waals surface area contributed by atoms with E-state index in [9.17, 15) is 14.4 Å². The van der Waals surface area contributed by atoms with Gasteiger partial charge in [0.15, 0.2) is 4.96 Å². The molecule has 2 amide bonds. The molecule has 1 aromatic carbocycles. The lowest BCUT2D eigenvalue weighted by molar-refractivity contribution is 0.0924. The van der Waals surface area contributed by atoms with Crippen molar-refractivity contribution in [2.45, 2.75) is 26.7 Å². The van der Waals surface area contributed by atoms with Gasteiger partial charge in [-0.2, -0.15) is 0 Å². The van der Waals surface area contributed by atoms with Crippen molar-refractivity contribution in [2.24, 2.45) is 0 Å². The van der Waals surface area contributed by atoms with Crippen molar-refractivity contribution < 1.29 is 9.59 Å². The van der Waals surface area contributed by atoms with Crippen molar-refractivity contribution >= 4 is 33.8 Å². The number of aromatic nitrogens is 2. The van der Waals surface area contributed by atoms with Crippen LogP contribution in [0.4, 0.5) is 5.69 Å². The van der Waals surface area contributed by atoms with E-state index in [0.717, 1.165) is 28.2 Å². The number of carbonyl (C=O) groups excluding carboxylic acids is 2. The highest BCUT2D eigenvalue weighted by atomic mass is 32.1. The Balaban J connectivity index is 1.91. The number of fused-ring (bicyclic) bond motifs is 3. The fourth-order valence-corrected chi connectivity index (χ4v) is 4.15. The second-order valence-corrected chi connectivity index (χ2v) is 6.94. The summed E-state index contributed by atoms with van der Waals surface area (Å²) < 4.78 is 1.26. The molecule has 0 atom stereocenters. The SMILES string of the molecule is CCCc1cc(=O)n2c3c(sc2n1)C(=O)N(c1ccccc1C)C3=O. The Bertz CT molecular complexity index is 1100. The fourth-order valence-electron chi connectivity index (χ4n) is 3.08. The van der Waals surface area contributed by atoms with Crippen LogP contribution >= 0.6 is 11.3 Å². The van der Waals surface area contributed by atoms with Gasteiger partial charge in [0.25, 0.3) is 17.4 Å². The Hall–Kier alpha value is -2.80. The standard InChI is InChI=1S/C18H15N3O3S/c1-3-6-11-9-13(22)21-14-15(25-18(21)19-11)17(24)20(16(14)23)12-8-5-4-7-10(12)2/h4-5,7-9H,3,6H2,1-2H3. The number of amides is 2. The van der Waals surface area contributed by atoms with E-state index in [1.165, 1.54) is 10.5 Å². The van der Waals surface area contributed by atoms with E-state index in [4.69, 9.17) is 0 Å². The van der Waals surface area contributed by atoms with Crippen LogP contribution in [0.15, 0.2) is 35.1 Å². The zero-order chi connectivity index (χ0) is 17.7. The van der Waals surface area contributed by atoms with Crippen LogP contribution in [0.25, 0.3) is 4.96 Å². The molecule has 0 saturated carbocycles. The lowest BCUT2D eigenvalue weighted by atomic mass is 10.2. The molecule has 0 fully saturated rings. The van der Waals surface area contributed by atoms with Gasteiger partial charge in [-0.25, -0.2) is 14.3 Å². The zero-order valence-electron chi connectivity index (χ0n) is 13.8. The molecular weight excluding hydrogens is 338 g/mol. The number of benzene rings is 1. The number of nitrogens with zero attached hydrogens (tertiary/aromatic N) is 3. The molecule has 126 valence electrons. The van der Waals surface area contributed by atoms with E-state index in [2.05, 4.69) is 4.98 Å². The minimum absolute atomic E-state index is 0.119. The molecule has 0 radical (unpaired) electrons. The Morgan fingerprint density at radius 1 is 1.12 bits per heavy atom. The van der Waals surface area contributed by atoms with Gasteiger partial charge in [0, 0.05) is 11.8 Å². The highest BCUT2D eigenvalue weighted by molar-refractivity contribution is 7.19. The Labute approximate surface area is 147 Å². The summed E-state index contributed by atoms with van der Waals surface area (Å²) in [5.41, 5.74) is 1.84. The molecule has 3 aromatic rings. The largest absolute Gasteiger partial charge is 0.284 e. The summed E-state index contributed by atoms with van der Waals surface area (Å²) in [6.07, 6.45) is 1.55. The van der Waals surface area contributed by atoms with Gasteiger partial charge in [-0.05, 0) is 25.0 Å². The van der Waals surface area contributed by atoms with E-state index < -0.39 is 11.8 Å². The smallest absolute Gasteiger partial charge is 0.269 e. The Morgan fingerprint density at radius 2 is 1.88 bits per heavy atom. The Kier molecular flexibility index (Phi) is 3.54. The molecule has 0 bridgehead atoms. The van der Waals surface area contributed by atoms with Crippen molar-refractivity contribution in [3.63, 3.8) is 0 Å². The van der Waals surface area contributed by atoms with Gasteiger partial charge in [-0.3, -0.25) is 14.4 Å². The van der Waals surface area contributed by atoms with Crippen molar-refractivity contribution in [3.05, 3.63) is 62.5 Å². The maximum absolute atomic E-state index is 12.9. The number of thiazole rings is 1. The number of carbonyl (C=O) groups is 2. The fraction of sp³-hybridized carbons (Fsp3) is 0.222. The van der Waals surface area contributed by atoms with Gasteiger partial charge < -0.3 is 0 Å². The van der Waals surface area contributed by atoms with Gasteiger partial charge in [0.05, 0.1) is 5.69 Å². The van der Waals surface area contributed by atoms with Crippen LogP contribution in [0.5, 0.6) is 0 Å². The van der Waals surface area contributed by atoms with Crippen molar-refractivity contribution in [1.29, 1.82) is 0 Å². The summed E-state index contributed by atoms with van der Waals surface area (Å²) in [4.78, 5) is 44.5. The average molecular weight is 353 g/mol. The highest BCUT2D eigenvalue weighted by Crippen LogP contribution is 2.34. The second kappa shape index (κ2) is 5.63. The summed E-state index contributed by atoms with van der Waals surface area (Å²) >= 11 is 1.10. The van der Waals surface area contributed by atoms with Crippen LogP contribution in [0.1, 0.15) is 44.8 Å². The molecule has 0 unspecified atom stereocenters. The molecule has 3 heterocycles. The zero-order valence-corrected chi connectivity index (χ0v) is 14.6. The third kappa shape index (κ3) is 2.23. The van der Waals surface area contributed by atoms with Gasteiger partial charge >= 0.3 is 0 Å². The molecule has 7 heteroatoms. The quantitative estimate of drug-likeness (QED) is 0.679. The third-order valence-corrected chi connectivity index (χ3v) is 5.27. The van der Waals surface area contributed by atoms with Crippen LogP contribution in [-0.2, 0) is 6.42 Å². The topological polar surface area (TPSA) is 71.8 Å². The van der Waals surface area contributed by atoms with Crippen LogP contribution < -0.4 is 10.5 Å². The molecule has 6 nitrogen and oxygen atoms in total. The monoisotopic (exact) mass is 353 g/mol. The molecule has 25 heavy (non-hydrogen) atoms. The van der Waals surface area contributed by atoms with Gasteiger partial charge in [-0.1, -0.05) is 42.9 Å². The number of rotatable bonds is 3. The average Bonchev–Trinajstić information content (AvgIpc) is 3.06.